The van der Waals surface area contributed by atoms with Crippen LogP contribution in [0.4, 0.5) is 5.82 Å². The monoisotopic (exact) mass is 480 g/mol. The van der Waals surface area contributed by atoms with Crippen molar-refractivity contribution in [2.24, 2.45) is 7.05 Å². The zero-order chi connectivity index (χ0) is 21.7. The molecule has 1 unspecified atom stereocenters. The Balaban J connectivity index is 1.66. The molecule has 1 aromatic heterocycles. The predicted octanol–water partition coefficient (Wildman–Crippen LogP) is 4.99. The number of nitrogens with one attached hydrogen (secondary N) is 3. The lowest BCUT2D eigenvalue weighted by atomic mass is 10.2. The van der Waals surface area contributed by atoms with Crippen LogP contribution in [0.15, 0.2) is 66.7 Å². The molecule has 0 spiro atoms. The SMILES string of the molecule is Cn1c(NC(=S)NC(NC(=O)/C=C/c2ccccc2)C(Cl)(Cl)Cl)cc2ccccc21. The quantitative estimate of drug-likeness (QED) is 0.208. The van der Waals surface area contributed by atoms with Gasteiger partial charge in [-0.25, -0.2) is 0 Å². The van der Waals surface area contributed by atoms with Gasteiger partial charge in [-0.3, -0.25) is 4.79 Å². The fourth-order valence-corrected chi connectivity index (χ4v) is 3.37. The number of amides is 1. The van der Waals surface area contributed by atoms with Gasteiger partial charge in [-0.15, -0.1) is 0 Å². The van der Waals surface area contributed by atoms with Crippen molar-refractivity contribution in [2.75, 3.05) is 5.32 Å². The number of thiocarbonyl (C=S) groups is 1. The highest BCUT2D eigenvalue weighted by Crippen LogP contribution is 2.29. The van der Waals surface area contributed by atoms with Gasteiger partial charge >= 0.3 is 0 Å². The molecule has 1 heterocycles. The van der Waals surface area contributed by atoms with E-state index in [0.29, 0.717) is 0 Å². The van der Waals surface area contributed by atoms with Crippen LogP contribution >= 0.6 is 47.0 Å². The van der Waals surface area contributed by atoms with Crippen LogP contribution in [-0.4, -0.2) is 25.5 Å². The van der Waals surface area contributed by atoms with Gasteiger partial charge in [0.1, 0.15) is 12.0 Å². The van der Waals surface area contributed by atoms with Crippen molar-refractivity contribution in [3.05, 3.63) is 72.3 Å². The zero-order valence-electron chi connectivity index (χ0n) is 15.9. The van der Waals surface area contributed by atoms with Crippen LogP contribution in [0, 0.1) is 0 Å². The number of aryl methyl sites for hydroxylation is 1. The maximum atomic E-state index is 12.3. The van der Waals surface area contributed by atoms with Gasteiger partial charge < -0.3 is 20.5 Å². The number of alkyl halides is 3. The number of halogens is 3. The number of carbonyl (C=O) groups excluding carboxylic acids is 1. The van der Waals surface area contributed by atoms with Gasteiger partial charge in [0.2, 0.25) is 9.70 Å². The van der Waals surface area contributed by atoms with Crippen molar-refractivity contribution in [2.45, 2.75) is 9.96 Å². The Bertz CT molecular complexity index is 1080. The van der Waals surface area contributed by atoms with Gasteiger partial charge in [0.25, 0.3) is 0 Å². The molecule has 156 valence electrons. The van der Waals surface area contributed by atoms with Gasteiger partial charge in [0.15, 0.2) is 5.11 Å². The minimum atomic E-state index is -1.83. The molecule has 1 amide bonds. The third-order valence-electron chi connectivity index (χ3n) is 4.31. The number of fused-ring (bicyclic) bond motifs is 1. The van der Waals surface area contributed by atoms with Crippen molar-refractivity contribution in [1.29, 1.82) is 0 Å². The summed E-state index contributed by atoms with van der Waals surface area (Å²) in [6.07, 6.45) is 1.97. The average molecular weight is 482 g/mol. The maximum Gasteiger partial charge on any atom is 0.245 e. The van der Waals surface area contributed by atoms with E-state index < -0.39 is 15.9 Å². The number of aromatic nitrogens is 1. The molecule has 9 heteroatoms. The fourth-order valence-electron chi connectivity index (χ4n) is 2.82. The number of hydrogen-bond acceptors (Lipinski definition) is 2. The van der Waals surface area contributed by atoms with Gasteiger partial charge in [0, 0.05) is 24.0 Å². The first-order valence-electron chi connectivity index (χ1n) is 8.96. The zero-order valence-corrected chi connectivity index (χ0v) is 19.0. The van der Waals surface area contributed by atoms with Gasteiger partial charge in [-0.1, -0.05) is 83.3 Å². The summed E-state index contributed by atoms with van der Waals surface area (Å²) in [6, 6.07) is 19.3. The molecule has 3 aromatic rings. The standard InChI is InChI=1S/C21H19Cl3N4OS/c1-28-16-10-6-5-9-15(16)13-17(28)25-20(30)27-19(21(22,23)24)26-18(29)12-11-14-7-3-2-4-8-14/h2-13,19H,1H3,(H,26,29)(H2,25,27,30)/b12-11+. The lowest BCUT2D eigenvalue weighted by Gasteiger charge is -2.27. The van der Waals surface area contributed by atoms with E-state index in [1.807, 2.05) is 72.3 Å². The number of benzene rings is 2. The third kappa shape index (κ3) is 5.89. The number of hydrogen-bond donors (Lipinski definition) is 3. The number of carbonyl (C=O) groups is 1. The van der Waals surface area contributed by atoms with Crippen LogP contribution in [0.2, 0.25) is 0 Å². The normalized spacial score (nSPS) is 12.7. The second kappa shape index (κ2) is 9.71. The Morgan fingerprint density at radius 2 is 1.73 bits per heavy atom. The topological polar surface area (TPSA) is 58.1 Å². The third-order valence-corrected chi connectivity index (χ3v) is 5.18. The number of para-hydroxylation sites is 1. The highest BCUT2D eigenvalue weighted by atomic mass is 35.6. The molecule has 3 N–H and O–H groups in total. The van der Waals surface area contributed by atoms with E-state index in [1.165, 1.54) is 6.08 Å². The van der Waals surface area contributed by atoms with E-state index in [1.54, 1.807) is 6.08 Å². The van der Waals surface area contributed by atoms with Gasteiger partial charge in [0.05, 0.1) is 0 Å². The number of rotatable bonds is 5. The smallest absolute Gasteiger partial charge is 0.245 e. The molecule has 0 aliphatic rings. The Labute approximate surface area is 195 Å². The Morgan fingerprint density at radius 3 is 2.40 bits per heavy atom. The van der Waals surface area contributed by atoms with E-state index in [0.717, 1.165) is 22.3 Å². The molecule has 0 bridgehead atoms. The summed E-state index contributed by atoms with van der Waals surface area (Å²) in [5.41, 5.74) is 1.92. The largest absolute Gasteiger partial charge is 0.339 e. The summed E-state index contributed by atoms with van der Waals surface area (Å²) >= 11 is 23.5. The minimum absolute atomic E-state index is 0.199. The molecule has 1 atom stereocenters. The Hall–Kier alpha value is -2.25. The Morgan fingerprint density at radius 1 is 1.07 bits per heavy atom. The molecule has 0 saturated heterocycles. The molecule has 5 nitrogen and oxygen atoms in total. The molecule has 2 aromatic carbocycles. The van der Waals surface area contributed by atoms with Crippen LogP contribution < -0.4 is 16.0 Å². The first kappa shape index (κ1) is 22.4. The van der Waals surface area contributed by atoms with Crippen molar-refractivity contribution >= 4 is 80.8 Å². The van der Waals surface area contributed by atoms with Crippen molar-refractivity contribution < 1.29 is 4.79 Å². The summed E-state index contributed by atoms with van der Waals surface area (Å²) in [5, 5.41) is 9.80. The van der Waals surface area contributed by atoms with E-state index in [-0.39, 0.29) is 5.11 Å². The molecule has 0 fully saturated rings. The molecule has 0 aliphatic heterocycles. The van der Waals surface area contributed by atoms with E-state index in [2.05, 4.69) is 16.0 Å². The molecular formula is C21H19Cl3N4OS. The average Bonchev–Trinajstić information content (AvgIpc) is 3.01. The number of nitrogens with zero attached hydrogens (tertiary/aromatic N) is 1. The lowest BCUT2D eigenvalue weighted by molar-refractivity contribution is -0.117. The van der Waals surface area contributed by atoms with E-state index >= 15 is 0 Å². The van der Waals surface area contributed by atoms with Crippen LogP contribution in [0.5, 0.6) is 0 Å². The van der Waals surface area contributed by atoms with Crippen LogP contribution in [-0.2, 0) is 11.8 Å². The molecular weight excluding hydrogens is 463 g/mol. The maximum absolute atomic E-state index is 12.3. The molecule has 0 saturated carbocycles. The molecule has 0 aliphatic carbocycles. The minimum Gasteiger partial charge on any atom is -0.339 e. The van der Waals surface area contributed by atoms with Crippen LogP contribution in [0.1, 0.15) is 5.56 Å². The second-order valence-corrected chi connectivity index (χ2v) is 9.25. The summed E-state index contributed by atoms with van der Waals surface area (Å²) < 4.78 is 0.121. The second-order valence-electron chi connectivity index (χ2n) is 6.47. The molecule has 3 rings (SSSR count). The summed E-state index contributed by atoms with van der Waals surface area (Å²) in [7, 11) is 1.91. The van der Waals surface area contributed by atoms with Crippen molar-refractivity contribution in [3.8, 4) is 0 Å². The summed E-state index contributed by atoms with van der Waals surface area (Å²) in [5.74, 6) is 0.321. The predicted molar refractivity (Wildman–Crippen MR) is 130 cm³/mol. The van der Waals surface area contributed by atoms with E-state index in [4.69, 9.17) is 47.0 Å². The molecule has 30 heavy (non-hydrogen) atoms. The number of anilines is 1. The fraction of sp³-hybridized carbons (Fsp3) is 0.143. The Kier molecular flexibility index (Phi) is 7.26. The summed E-state index contributed by atoms with van der Waals surface area (Å²) in [4.78, 5) is 12.3. The first-order valence-corrected chi connectivity index (χ1v) is 10.5. The van der Waals surface area contributed by atoms with Crippen LogP contribution in [0.25, 0.3) is 17.0 Å². The van der Waals surface area contributed by atoms with Gasteiger partial charge in [-0.05, 0) is 36.0 Å². The van der Waals surface area contributed by atoms with E-state index in [9.17, 15) is 4.79 Å². The highest BCUT2D eigenvalue weighted by Gasteiger charge is 2.34. The van der Waals surface area contributed by atoms with Crippen molar-refractivity contribution in [3.63, 3.8) is 0 Å². The van der Waals surface area contributed by atoms with Crippen LogP contribution in [0.3, 0.4) is 0 Å². The summed E-state index contributed by atoms with van der Waals surface area (Å²) in [6.45, 7) is 0. The lowest BCUT2D eigenvalue weighted by Crippen LogP contribution is -2.55. The van der Waals surface area contributed by atoms with Gasteiger partial charge in [-0.2, -0.15) is 0 Å². The molecule has 0 radical (unpaired) electrons. The van der Waals surface area contributed by atoms with Crippen molar-refractivity contribution in [1.82, 2.24) is 15.2 Å². The highest BCUT2D eigenvalue weighted by molar-refractivity contribution is 7.80. The first-order chi connectivity index (χ1) is 14.2.